The van der Waals surface area contributed by atoms with Crippen molar-refractivity contribution in [3.8, 4) is 0 Å². The molecule has 1 saturated heterocycles. The molecule has 0 amide bonds. The Balaban J connectivity index is 2.02. The van der Waals surface area contributed by atoms with E-state index in [1.807, 2.05) is 6.07 Å². The Labute approximate surface area is 112 Å². The standard InChI is InChI=1S/C13H20N2O2S/c1-14-6-8-15(9-7-14)11(4-5-13(16)17)12-3-2-10-18-12/h2-3,10-11H,4-9H2,1H3,(H,16,17). The number of hydrogen-bond donors (Lipinski definition) is 1. The molecule has 1 aromatic rings. The monoisotopic (exact) mass is 268 g/mol. The maximum Gasteiger partial charge on any atom is 0.303 e. The number of rotatable bonds is 5. The van der Waals surface area contributed by atoms with Crippen LogP contribution in [0.4, 0.5) is 0 Å². The summed E-state index contributed by atoms with van der Waals surface area (Å²) in [7, 11) is 2.13. The predicted molar refractivity (Wildman–Crippen MR) is 73.0 cm³/mol. The Kier molecular flexibility index (Phi) is 4.74. The second-order valence-corrected chi connectivity index (χ2v) is 5.78. The first kappa shape index (κ1) is 13.5. The Morgan fingerprint density at radius 3 is 2.72 bits per heavy atom. The molecule has 4 nitrogen and oxygen atoms in total. The summed E-state index contributed by atoms with van der Waals surface area (Å²) < 4.78 is 0. The Hall–Kier alpha value is -0.910. The molecule has 5 heteroatoms. The van der Waals surface area contributed by atoms with E-state index < -0.39 is 5.97 Å². The Morgan fingerprint density at radius 1 is 1.44 bits per heavy atom. The van der Waals surface area contributed by atoms with Crippen molar-refractivity contribution in [3.63, 3.8) is 0 Å². The minimum Gasteiger partial charge on any atom is -0.481 e. The molecule has 0 radical (unpaired) electrons. The van der Waals surface area contributed by atoms with Crippen molar-refractivity contribution >= 4 is 17.3 Å². The van der Waals surface area contributed by atoms with E-state index in [4.69, 9.17) is 5.11 Å². The van der Waals surface area contributed by atoms with Gasteiger partial charge in [0.2, 0.25) is 0 Å². The first-order valence-corrected chi connectivity index (χ1v) is 7.22. The largest absolute Gasteiger partial charge is 0.481 e. The van der Waals surface area contributed by atoms with Crippen molar-refractivity contribution in [1.82, 2.24) is 9.80 Å². The quantitative estimate of drug-likeness (QED) is 0.886. The molecule has 18 heavy (non-hydrogen) atoms. The molecule has 2 heterocycles. The van der Waals surface area contributed by atoms with E-state index in [1.165, 1.54) is 4.88 Å². The summed E-state index contributed by atoms with van der Waals surface area (Å²) in [4.78, 5) is 16.8. The molecule has 1 N–H and O–H groups in total. The summed E-state index contributed by atoms with van der Waals surface area (Å²) in [6.45, 7) is 4.18. The molecule has 1 aliphatic rings. The van der Waals surface area contributed by atoms with Crippen LogP contribution in [0.1, 0.15) is 23.8 Å². The maximum absolute atomic E-state index is 10.8. The fourth-order valence-electron chi connectivity index (χ4n) is 2.38. The van der Waals surface area contributed by atoms with Gasteiger partial charge in [0.1, 0.15) is 0 Å². The third-order valence-corrected chi connectivity index (χ3v) is 4.46. The highest BCUT2D eigenvalue weighted by atomic mass is 32.1. The van der Waals surface area contributed by atoms with Gasteiger partial charge in [-0.25, -0.2) is 0 Å². The second kappa shape index (κ2) is 6.31. The van der Waals surface area contributed by atoms with Crippen molar-refractivity contribution in [3.05, 3.63) is 22.4 Å². The number of carboxylic acids is 1. The molecule has 1 unspecified atom stereocenters. The molecular formula is C13H20N2O2S. The number of aliphatic carboxylic acids is 1. The fourth-order valence-corrected chi connectivity index (χ4v) is 3.27. The van der Waals surface area contributed by atoms with Gasteiger partial charge in [0, 0.05) is 43.5 Å². The third-order valence-electron chi connectivity index (χ3n) is 3.48. The summed E-state index contributed by atoms with van der Waals surface area (Å²) >= 11 is 1.73. The number of thiophene rings is 1. The molecule has 2 rings (SSSR count). The number of carbonyl (C=O) groups is 1. The van der Waals surface area contributed by atoms with Gasteiger partial charge in [-0.2, -0.15) is 0 Å². The Morgan fingerprint density at radius 2 is 2.17 bits per heavy atom. The van der Waals surface area contributed by atoms with Crippen LogP contribution < -0.4 is 0 Å². The van der Waals surface area contributed by atoms with Crippen LogP contribution in [0.25, 0.3) is 0 Å². The molecule has 0 aromatic carbocycles. The van der Waals surface area contributed by atoms with Gasteiger partial charge < -0.3 is 10.0 Å². The van der Waals surface area contributed by atoms with Gasteiger partial charge in [-0.05, 0) is 24.9 Å². The van der Waals surface area contributed by atoms with Crippen LogP contribution in [0.15, 0.2) is 17.5 Å². The maximum atomic E-state index is 10.8. The number of carboxylic acid groups (broad SMARTS) is 1. The molecule has 1 aromatic heterocycles. The lowest BCUT2D eigenvalue weighted by Crippen LogP contribution is -2.45. The number of piperazine rings is 1. The van der Waals surface area contributed by atoms with Gasteiger partial charge in [-0.1, -0.05) is 6.07 Å². The molecule has 100 valence electrons. The highest BCUT2D eigenvalue weighted by Crippen LogP contribution is 2.30. The molecule has 0 spiro atoms. The highest BCUT2D eigenvalue weighted by molar-refractivity contribution is 7.10. The lowest BCUT2D eigenvalue weighted by atomic mass is 10.1. The molecule has 0 bridgehead atoms. The molecule has 1 fully saturated rings. The van der Waals surface area contributed by atoms with Gasteiger partial charge in [-0.15, -0.1) is 11.3 Å². The van der Waals surface area contributed by atoms with Crippen LogP contribution in [0.3, 0.4) is 0 Å². The van der Waals surface area contributed by atoms with E-state index in [0.29, 0.717) is 6.42 Å². The van der Waals surface area contributed by atoms with Crippen molar-refractivity contribution in [2.75, 3.05) is 33.2 Å². The number of hydrogen-bond acceptors (Lipinski definition) is 4. The van der Waals surface area contributed by atoms with Crippen LogP contribution in [0.2, 0.25) is 0 Å². The van der Waals surface area contributed by atoms with Gasteiger partial charge in [0.15, 0.2) is 0 Å². The summed E-state index contributed by atoms with van der Waals surface area (Å²) in [6.07, 6.45) is 0.953. The Bertz CT molecular complexity index is 372. The summed E-state index contributed by atoms with van der Waals surface area (Å²) in [5, 5.41) is 10.9. The molecular weight excluding hydrogens is 248 g/mol. The van der Waals surface area contributed by atoms with Crippen LogP contribution in [0.5, 0.6) is 0 Å². The zero-order valence-corrected chi connectivity index (χ0v) is 11.5. The van der Waals surface area contributed by atoms with Crippen molar-refractivity contribution in [2.45, 2.75) is 18.9 Å². The van der Waals surface area contributed by atoms with Crippen LogP contribution >= 0.6 is 11.3 Å². The minimum absolute atomic E-state index is 0.245. The molecule has 0 saturated carbocycles. The van der Waals surface area contributed by atoms with Crippen molar-refractivity contribution in [1.29, 1.82) is 0 Å². The van der Waals surface area contributed by atoms with Crippen LogP contribution in [0, 0.1) is 0 Å². The number of likely N-dealkylation sites (N-methyl/N-ethyl adjacent to an activating group) is 1. The van der Waals surface area contributed by atoms with E-state index >= 15 is 0 Å². The average Bonchev–Trinajstić information content (AvgIpc) is 2.85. The van der Waals surface area contributed by atoms with Crippen molar-refractivity contribution in [2.24, 2.45) is 0 Å². The smallest absolute Gasteiger partial charge is 0.303 e. The first-order chi connectivity index (χ1) is 8.66. The zero-order chi connectivity index (χ0) is 13.0. The minimum atomic E-state index is -0.703. The van der Waals surface area contributed by atoms with Crippen LogP contribution in [-0.2, 0) is 4.79 Å². The number of nitrogens with zero attached hydrogens (tertiary/aromatic N) is 2. The first-order valence-electron chi connectivity index (χ1n) is 6.34. The second-order valence-electron chi connectivity index (χ2n) is 4.80. The molecule has 1 atom stereocenters. The SMILES string of the molecule is CN1CCN(C(CCC(=O)O)c2cccs2)CC1. The van der Waals surface area contributed by atoms with Crippen LogP contribution in [-0.4, -0.2) is 54.1 Å². The summed E-state index contributed by atoms with van der Waals surface area (Å²) in [5.41, 5.74) is 0. The summed E-state index contributed by atoms with van der Waals surface area (Å²) in [6, 6.07) is 4.44. The van der Waals surface area contributed by atoms with E-state index in [0.717, 1.165) is 26.2 Å². The molecule has 0 aliphatic carbocycles. The fraction of sp³-hybridized carbons (Fsp3) is 0.615. The third kappa shape index (κ3) is 3.54. The normalized spacial score (nSPS) is 19.8. The topological polar surface area (TPSA) is 43.8 Å². The van der Waals surface area contributed by atoms with E-state index in [9.17, 15) is 4.79 Å². The van der Waals surface area contributed by atoms with Gasteiger partial charge in [0.05, 0.1) is 0 Å². The predicted octanol–water partition coefficient (Wildman–Crippen LogP) is 1.90. The van der Waals surface area contributed by atoms with E-state index in [1.54, 1.807) is 11.3 Å². The van der Waals surface area contributed by atoms with Gasteiger partial charge >= 0.3 is 5.97 Å². The van der Waals surface area contributed by atoms with Crippen molar-refractivity contribution < 1.29 is 9.90 Å². The lowest BCUT2D eigenvalue weighted by molar-refractivity contribution is -0.137. The lowest BCUT2D eigenvalue weighted by Gasteiger charge is -2.37. The van der Waals surface area contributed by atoms with Gasteiger partial charge in [0.25, 0.3) is 0 Å². The summed E-state index contributed by atoms with van der Waals surface area (Å²) in [5.74, 6) is -0.703. The zero-order valence-electron chi connectivity index (χ0n) is 10.7. The van der Waals surface area contributed by atoms with Gasteiger partial charge in [-0.3, -0.25) is 9.69 Å². The van der Waals surface area contributed by atoms with E-state index in [-0.39, 0.29) is 12.5 Å². The highest BCUT2D eigenvalue weighted by Gasteiger charge is 2.24. The molecule has 1 aliphatic heterocycles. The van der Waals surface area contributed by atoms with E-state index in [2.05, 4.69) is 28.3 Å². The average molecular weight is 268 g/mol.